The van der Waals surface area contributed by atoms with Crippen LogP contribution >= 0.6 is 0 Å². The number of benzene rings is 1. The van der Waals surface area contributed by atoms with Gasteiger partial charge in [0.15, 0.2) is 11.5 Å². The molecule has 0 fully saturated rings. The highest BCUT2D eigenvalue weighted by atomic mass is 32.2. The summed E-state index contributed by atoms with van der Waals surface area (Å²) in [4.78, 5) is 11.8. The number of hydrogen-bond acceptors (Lipinski definition) is 5. The standard InChI is InChI=1S/C14H18N2O5S/c1-3-6-15-14(17)10-16(22(2,18)19)11-4-5-12-13(9-11)21-8-7-20-12/h3-5,9H,1,6-8,10H2,2H3,(H,15,17). The minimum Gasteiger partial charge on any atom is -0.486 e. The Morgan fingerprint density at radius 3 is 2.68 bits per heavy atom. The second kappa shape index (κ2) is 6.69. The zero-order chi connectivity index (χ0) is 16.2. The number of sulfonamides is 1. The quantitative estimate of drug-likeness (QED) is 0.771. The third-order valence-corrected chi connectivity index (χ3v) is 4.09. The van der Waals surface area contributed by atoms with Gasteiger partial charge in [0.05, 0.1) is 11.9 Å². The molecule has 1 aromatic rings. The lowest BCUT2D eigenvalue weighted by atomic mass is 10.2. The van der Waals surface area contributed by atoms with Crippen LogP contribution in [0.15, 0.2) is 30.9 Å². The van der Waals surface area contributed by atoms with Gasteiger partial charge in [0.25, 0.3) is 0 Å². The van der Waals surface area contributed by atoms with E-state index >= 15 is 0 Å². The van der Waals surface area contributed by atoms with E-state index in [0.29, 0.717) is 30.4 Å². The predicted octanol–water partition coefficient (Wildman–Crippen LogP) is 0.526. The maximum atomic E-state index is 12.0. The fourth-order valence-corrected chi connectivity index (χ4v) is 2.81. The third kappa shape index (κ3) is 3.91. The Hall–Kier alpha value is -2.22. The lowest BCUT2D eigenvalue weighted by Crippen LogP contribution is -2.40. The van der Waals surface area contributed by atoms with E-state index in [0.717, 1.165) is 10.6 Å². The van der Waals surface area contributed by atoms with E-state index in [2.05, 4.69) is 11.9 Å². The summed E-state index contributed by atoms with van der Waals surface area (Å²) in [6, 6.07) is 4.76. The molecule has 1 heterocycles. The van der Waals surface area contributed by atoms with Crippen molar-refractivity contribution in [2.24, 2.45) is 0 Å². The first kappa shape index (κ1) is 16.2. The number of anilines is 1. The number of rotatable bonds is 6. The number of fused-ring (bicyclic) bond motifs is 1. The van der Waals surface area contributed by atoms with Crippen LogP contribution in [0.1, 0.15) is 0 Å². The molecule has 0 aromatic heterocycles. The number of ether oxygens (including phenoxy) is 2. The van der Waals surface area contributed by atoms with Gasteiger partial charge in [-0.1, -0.05) is 6.08 Å². The average Bonchev–Trinajstić information content (AvgIpc) is 2.49. The van der Waals surface area contributed by atoms with Crippen LogP contribution in [0.2, 0.25) is 0 Å². The molecule has 0 unspecified atom stereocenters. The van der Waals surface area contributed by atoms with Crippen molar-refractivity contribution in [3.05, 3.63) is 30.9 Å². The van der Waals surface area contributed by atoms with Crippen molar-refractivity contribution in [1.29, 1.82) is 0 Å². The second-order valence-corrected chi connectivity index (χ2v) is 6.60. The Bertz CT molecular complexity index is 672. The molecule has 0 bridgehead atoms. The summed E-state index contributed by atoms with van der Waals surface area (Å²) in [5.74, 6) is 0.601. The van der Waals surface area contributed by atoms with Crippen LogP contribution in [0.5, 0.6) is 11.5 Å². The SMILES string of the molecule is C=CCNC(=O)CN(c1ccc2c(c1)OCCO2)S(C)(=O)=O. The van der Waals surface area contributed by atoms with Gasteiger partial charge in [-0.25, -0.2) is 8.42 Å². The minimum atomic E-state index is -3.61. The molecule has 120 valence electrons. The number of amides is 1. The van der Waals surface area contributed by atoms with Crippen molar-refractivity contribution in [3.63, 3.8) is 0 Å². The molecule has 7 nitrogen and oxygen atoms in total. The first-order valence-electron chi connectivity index (χ1n) is 6.67. The minimum absolute atomic E-state index is 0.275. The van der Waals surface area contributed by atoms with Gasteiger partial charge in [0.1, 0.15) is 19.8 Å². The topological polar surface area (TPSA) is 84.9 Å². The van der Waals surface area contributed by atoms with Crippen molar-refractivity contribution >= 4 is 21.6 Å². The molecule has 1 aliphatic heterocycles. The number of nitrogens with zero attached hydrogens (tertiary/aromatic N) is 1. The van der Waals surface area contributed by atoms with E-state index in [4.69, 9.17) is 9.47 Å². The van der Waals surface area contributed by atoms with Gasteiger partial charge < -0.3 is 14.8 Å². The van der Waals surface area contributed by atoms with E-state index in [1.54, 1.807) is 18.2 Å². The van der Waals surface area contributed by atoms with Crippen molar-refractivity contribution in [2.45, 2.75) is 0 Å². The van der Waals surface area contributed by atoms with Crippen LogP contribution in [0.3, 0.4) is 0 Å². The molecule has 0 atom stereocenters. The highest BCUT2D eigenvalue weighted by Gasteiger charge is 2.23. The normalized spacial score (nSPS) is 13.3. The van der Waals surface area contributed by atoms with Crippen LogP contribution in [0.4, 0.5) is 5.69 Å². The third-order valence-electron chi connectivity index (χ3n) is 2.94. The Kier molecular flexibility index (Phi) is 4.92. The van der Waals surface area contributed by atoms with Crippen LogP contribution in [-0.4, -0.2) is 46.9 Å². The van der Waals surface area contributed by atoms with Gasteiger partial charge in [0.2, 0.25) is 15.9 Å². The molecule has 22 heavy (non-hydrogen) atoms. The molecule has 1 aromatic carbocycles. The summed E-state index contributed by atoms with van der Waals surface area (Å²) in [7, 11) is -3.61. The van der Waals surface area contributed by atoms with Crippen LogP contribution in [-0.2, 0) is 14.8 Å². The first-order chi connectivity index (χ1) is 10.4. The fraction of sp³-hybridized carbons (Fsp3) is 0.357. The van der Waals surface area contributed by atoms with Crippen LogP contribution in [0, 0.1) is 0 Å². The Labute approximate surface area is 129 Å². The largest absolute Gasteiger partial charge is 0.486 e. The van der Waals surface area contributed by atoms with Crippen molar-refractivity contribution in [2.75, 3.05) is 36.9 Å². The maximum Gasteiger partial charge on any atom is 0.241 e. The van der Waals surface area contributed by atoms with Crippen molar-refractivity contribution in [3.8, 4) is 11.5 Å². The van der Waals surface area contributed by atoms with Gasteiger partial charge >= 0.3 is 0 Å². The van der Waals surface area contributed by atoms with E-state index in [1.807, 2.05) is 0 Å². The summed E-state index contributed by atoms with van der Waals surface area (Å²) in [6.07, 6.45) is 2.57. The monoisotopic (exact) mass is 326 g/mol. The van der Waals surface area contributed by atoms with Crippen LogP contribution < -0.4 is 19.1 Å². The zero-order valence-electron chi connectivity index (χ0n) is 12.2. The Morgan fingerprint density at radius 1 is 1.36 bits per heavy atom. The second-order valence-electron chi connectivity index (χ2n) is 4.69. The molecule has 0 saturated heterocycles. The summed E-state index contributed by atoms with van der Waals surface area (Å²) in [5, 5.41) is 2.55. The Morgan fingerprint density at radius 2 is 2.05 bits per heavy atom. The summed E-state index contributed by atoms with van der Waals surface area (Å²) < 4.78 is 35.8. The highest BCUT2D eigenvalue weighted by molar-refractivity contribution is 7.92. The van der Waals surface area contributed by atoms with Crippen molar-refractivity contribution < 1.29 is 22.7 Å². The van der Waals surface area contributed by atoms with E-state index in [9.17, 15) is 13.2 Å². The molecule has 0 saturated carbocycles. The molecule has 0 radical (unpaired) electrons. The molecular formula is C14H18N2O5S. The number of carbonyl (C=O) groups is 1. The number of nitrogens with one attached hydrogen (secondary N) is 1. The van der Waals surface area contributed by atoms with E-state index in [1.165, 1.54) is 6.08 Å². The zero-order valence-corrected chi connectivity index (χ0v) is 13.1. The molecule has 0 aliphatic carbocycles. The molecule has 0 spiro atoms. The van der Waals surface area contributed by atoms with Gasteiger partial charge in [-0.2, -0.15) is 0 Å². The maximum absolute atomic E-state index is 12.0. The molecule has 1 N–H and O–H groups in total. The van der Waals surface area contributed by atoms with Crippen LogP contribution in [0.25, 0.3) is 0 Å². The molecule has 2 rings (SSSR count). The van der Waals surface area contributed by atoms with Gasteiger partial charge in [-0.05, 0) is 12.1 Å². The lowest BCUT2D eigenvalue weighted by Gasteiger charge is -2.24. The lowest BCUT2D eigenvalue weighted by molar-refractivity contribution is -0.119. The van der Waals surface area contributed by atoms with Gasteiger partial charge in [0, 0.05) is 12.6 Å². The molecule has 1 amide bonds. The van der Waals surface area contributed by atoms with Crippen molar-refractivity contribution in [1.82, 2.24) is 5.32 Å². The predicted molar refractivity (Wildman–Crippen MR) is 82.8 cm³/mol. The van der Waals surface area contributed by atoms with E-state index < -0.39 is 15.9 Å². The molecular weight excluding hydrogens is 308 g/mol. The van der Waals surface area contributed by atoms with E-state index in [-0.39, 0.29) is 13.1 Å². The smallest absolute Gasteiger partial charge is 0.241 e. The average molecular weight is 326 g/mol. The number of carbonyl (C=O) groups excluding carboxylic acids is 1. The van der Waals surface area contributed by atoms with Gasteiger partial charge in [-0.15, -0.1) is 6.58 Å². The highest BCUT2D eigenvalue weighted by Crippen LogP contribution is 2.34. The molecule has 8 heteroatoms. The van der Waals surface area contributed by atoms with Gasteiger partial charge in [-0.3, -0.25) is 9.10 Å². The Balaban J connectivity index is 2.26. The summed E-state index contributed by atoms with van der Waals surface area (Å²) in [6.45, 7) is 4.30. The first-order valence-corrected chi connectivity index (χ1v) is 8.51. The fourth-order valence-electron chi connectivity index (χ4n) is 1.96. The number of hydrogen-bond donors (Lipinski definition) is 1. The summed E-state index contributed by atoms with van der Waals surface area (Å²) >= 11 is 0. The summed E-state index contributed by atoms with van der Waals surface area (Å²) in [5.41, 5.74) is 0.348. The molecule has 1 aliphatic rings.